The summed E-state index contributed by atoms with van der Waals surface area (Å²) in [7, 11) is 0. The van der Waals surface area contributed by atoms with Crippen LogP contribution in [0.4, 0.5) is 0 Å². The number of ether oxygens (including phenoxy) is 1. The molecule has 0 radical (unpaired) electrons. The first kappa shape index (κ1) is 12.9. The van der Waals surface area contributed by atoms with Crippen LogP contribution in [0.3, 0.4) is 0 Å². The van der Waals surface area contributed by atoms with E-state index in [1.807, 2.05) is 26.0 Å². The number of aliphatic hydroxyl groups excluding tert-OH is 1. The molecule has 1 atom stereocenters. The quantitative estimate of drug-likeness (QED) is 0.876. The van der Waals surface area contributed by atoms with E-state index in [1.54, 1.807) is 0 Å². The average molecular weight is 255 g/mol. The van der Waals surface area contributed by atoms with Gasteiger partial charge < -0.3 is 9.84 Å². The second-order valence-corrected chi connectivity index (χ2v) is 5.26. The summed E-state index contributed by atoms with van der Waals surface area (Å²) in [6.07, 6.45) is 1.35. The Balaban J connectivity index is 2.23. The molecule has 1 aromatic rings. The van der Waals surface area contributed by atoms with E-state index in [2.05, 4.69) is 0 Å². The first-order valence-corrected chi connectivity index (χ1v) is 6.50. The zero-order valence-corrected chi connectivity index (χ0v) is 11.1. The highest BCUT2D eigenvalue weighted by Gasteiger charge is 2.25. The molecule has 0 saturated carbocycles. The summed E-state index contributed by atoms with van der Waals surface area (Å²) in [6.45, 7) is 5.56. The normalized spacial score (nSPS) is 19.3. The second kappa shape index (κ2) is 5.38. The Bertz CT molecular complexity index is 397. The van der Waals surface area contributed by atoms with E-state index >= 15 is 0 Å². The van der Waals surface area contributed by atoms with Gasteiger partial charge in [0, 0.05) is 18.2 Å². The largest absolute Gasteiger partial charge is 0.388 e. The molecule has 0 aliphatic carbocycles. The van der Waals surface area contributed by atoms with Crippen molar-refractivity contribution in [2.45, 2.75) is 32.8 Å². The third-order valence-electron chi connectivity index (χ3n) is 3.64. The van der Waals surface area contributed by atoms with Gasteiger partial charge in [0.1, 0.15) is 0 Å². The smallest absolute Gasteiger partial charge is 0.0834 e. The molecule has 1 heterocycles. The highest BCUT2D eigenvalue weighted by molar-refractivity contribution is 6.31. The van der Waals surface area contributed by atoms with Gasteiger partial charge in [-0.25, -0.2) is 0 Å². The van der Waals surface area contributed by atoms with E-state index in [9.17, 15) is 5.11 Å². The van der Waals surface area contributed by atoms with Crippen molar-refractivity contribution >= 4 is 11.6 Å². The number of benzene rings is 1. The molecule has 0 aromatic heterocycles. The lowest BCUT2D eigenvalue weighted by Gasteiger charge is -2.27. The van der Waals surface area contributed by atoms with Gasteiger partial charge in [0.05, 0.1) is 6.10 Å². The Labute approximate surface area is 108 Å². The molecule has 0 spiro atoms. The lowest BCUT2D eigenvalue weighted by Crippen LogP contribution is -2.22. The summed E-state index contributed by atoms with van der Waals surface area (Å²) in [4.78, 5) is 0. The van der Waals surface area contributed by atoms with Crippen molar-refractivity contribution in [1.82, 2.24) is 0 Å². The molecule has 1 aliphatic heterocycles. The van der Waals surface area contributed by atoms with Gasteiger partial charge >= 0.3 is 0 Å². The van der Waals surface area contributed by atoms with Crippen molar-refractivity contribution in [3.63, 3.8) is 0 Å². The Morgan fingerprint density at radius 3 is 2.47 bits per heavy atom. The highest BCUT2D eigenvalue weighted by Crippen LogP contribution is 2.34. The van der Waals surface area contributed by atoms with Gasteiger partial charge in [0.2, 0.25) is 0 Å². The van der Waals surface area contributed by atoms with Gasteiger partial charge in [-0.15, -0.1) is 0 Å². The summed E-state index contributed by atoms with van der Waals surface area (Å²) in [5, 5.41) is 11.1. The van der Waals surface area contributed by atoms with Gasteiger partial charge in [-0.05, 0) is 55.4 Å². The minimum absolute atomic E-state index is 0.267. The van der Waals surface area contributed by atoms with Crippen molar-refractivity contribution in [2.75, 3.05) is 13.2 Å². The first-order valence-electron chi connectivity index (χ1n) is 6.12. The van der Waals surface area contributed by atoms with Gasteiger partial charge in [-0.3, -0.25) is 0 Å². The first-order chi connectivity index (χ1) is 8.09. The molecule has 1 N–H and O–H groups in total. The predicted molar refractivity (Wildman–Crippen MR) is 69.4 cm³/mol. The van der Waals surface area contributed by atoms with Crippen LogP contribution in [0.25, 0.3) is 0 Å². The van der Waals surface area contributed by atoms with E-state index in [0.29, 0.717) is 5.02 Å². The lowest BCUT2D eigenvalue weighted by molar-refractivity contribution is 0.00720. The number of aliphatic hydroxyl groups is 1. The summed E-state index contributed by atoms with van der Waals surface area (Å²) in [6, 6.07) is 3.95. The number of halogens is 1. The summed E-state index contributed by atoms with van der Waals surface area (Å²) in [5.41, 5.74) is 3.20. The maximum atomic E-state index is 10.4. The van der Waals surface area contributed by atoms with Crippen LogP contribution in [0.5, 0.6) is 0 Å². The van der Waals surface area contributed by atoms with Crippen molar-refractivity contribution in [3.8, 4) is 0 Å². The molecule has 3 heteroatoms. The molecule has 94 valence electrons. The molecule has 0 bridgehead atoms. The highest BCUT2D eigenvalue weighted by atomic mass is 35.5. The third-order valence-corrected chi connectivity index (χ3v) is 3.97. The molecular formula is C14H19ClO2. The number of aryl methyl sites for hydroxylation is 2. The lowest BCUT2D eigenvalue weighted by atomic mass is 9.88. The minimum Gasteiger partial charge on any atom is -0.388 e. The second-order valence-electron chi connectivity index (χ2n) is 4.85. The molecule has 1 unspecified atom stereocenters. The fourth-order valence-electron chi connectivity index (χ4n) is 2.32. The third kappa shape index (κ3) is 2.82. The van der Waals surface area contributed by atoms with E-state index in [-0.39, 0.29) is 5.92 Å². The van der Waals surface area contributed by atoms with E-state index < -0.39 is 6.10 Å². The molecule has 2 nitrogen and oxygen atoms in total. The van der Waals surface area contributed by atoms with Gasteiger partial charge in [-0.1, -0.05) is 17.7 Å². The van der Waals surface area contributed by atoms with Crippen molar-refractivity contribution < 1.29 is 9.84 Å². The van der Waals surface area contributed by atoms with Crippen LogP contribution in [0.2, 0.25) is 5.02 Å². The van der Waals surface area contributed by atoms with Crippen molar-refractivity contribution in [1.29, 1.82) is 0 Å². The predicted octanol–water partition coefficient (Wildman–Crippen LogP) is 3.42. The van der Waals surface area contributed by atoms with Crippen LogP contribution in [-0.4, -0.2) is 18.3 Å². The molecule has 1 aliphatic rings. The fourth-order valence-corrected chi connectivity index (χ4v) is 2.65. The topological polar surface area (TPSA) is 29.5 Å². The molecule has 0 amide bonds. The number of rotatable bonds is 2. The van der Waals surface area contributed by atoms with Crippen LogP contribution < -0.4 is 0 Å². The molecular weight excluding hydrogens is 236 g/mol. The van der Waals surface area contributed by atoms with Crippen molar-refractivity contribution in [2.24, 2.45) is 5.92 Å². The molecule has 1 aromatic carbocycles. The van der Waals surface area contributed by atoms with Crippen LogP contribution in [-0.2, 0) is 4.74 Å². The fraction of sp³-hybridized carbons (Fsp3) is 0.571. The minimum atomic E-state index is -0.467. The van der Waals surface area contributed by atoms with E-state index in [0.717, 1.165) is 37.2 Å². The number of hydrogen-bond donors (Lipinski definition) is 1. The number of hydrogen-bond acceptors (Lipinski definition) is 2. The van der Waals surface area contributed by atoms with Gasteiger partial charge in [0.25, 0.3) is 0 Å². The molecule has 1 fully saturated rings. The molecule has 2 rings (SSSR count). The van der Waals surface area contributed by atoms with E-state index in [4.69, 9.17) is 16.3 Å². The van der Waals surface area contributed by atoms with Gasteiger partial charge in [-0.2, -0.15) is 0 Å². The monoisotopic (exact) mass is 254 g/mol. The Kier molecular flexibility index (Phi) is 4.08. The standard InChI is InChI=1S/C14H19ClO2/c1-9-7-12(13(15)8-10(9)2)14(16)11-3-5-17-6-4-11/h7-8,11,14,16H,3-6H2,1-2H3. The Hall–Kier alpha value is -0.570. The zero-order chi connectivity index (χ0) is 12.4. The Morgan fingerprint density at radius 1 is 1.24 bits per heavy atom. The average Bonchev–Trinajstić information content (AvgIpc) is 2.34. The van der Waals surface area contributed by atoms with Crippen LogP contribution in [0.15, 0.2) is 12.1 Å². The zero-order valence-electron chi connectivity index (χ0n) is 10.4. The maximum absolute atomic E-state index is 10.4. The maximum Gasteiger partial charge on any atom is 0.0834 e. The van der Waals surface area contributed by atoms with Crippen molar-refractivity contribution in [3.05, 3.63) is 33.8 Å². The van der Waals surface area contributed by atoms with Crippen LogP contribution in [0, 0.1) is 19.8 Å². The summed E-state index contributed by atoms with van der Waals surface area (Å²) < 4.78 is 5.31. The van der Waals surface area contributed by atoms with Gasteiger partial charge in [0.15, 0.2) is 0 Å². The Morgan fingerprint density at radius 2 is 1.82 bits per heavy atom. The van der Waals surface area contributed by atoms with Crippen LogP contribution >= 0.6 is 11.6 Å². The van der Waals surface area contributed by atoms with Crippen LogP contribution in [0.1, 0.15) is 35.6 Å². The summed E-state index contributed by atoms with van der Waals surface area (Å²) >= 11 is 6.22. The SMILES string of the molecule is Cc1cc(Cl)c(C(O)C2CCOCC2)cc1C. The van der Waals surface area contributed by atoms with E-state index in [1.165, 1.54) is 5.56 Å². The molecule has 1 saturated heterocycles. The summed E-state index contributed by atoms with van der Waals surface area (Å²) in [5.74, 6) is 0.267. The molecule has 17 heavy (non-hydrogen) atoms.